The average Bonchev–Trinajstić information content (AvgIpc) is 1.99. The summed E-state index contributed by atoms with van der Waals surface area (Å²) in [6.07, 6.45) is 2.25. The van der Waals surface area contributed by atoms with Crippen LogP contribution in [0.1, 0.15) is 0 Å². The van der Waals surface area contributed by atoms with Gasteiger partial charge in [0.05, 0.1) is 0 Å². The van der Waals surface area contributed by atoms with Crippen LogP contribution in [0.15, 0.2) is 9.59 Å². The number of nitrogens with one attached hydrogen (secondary N) is 1. The van der Waals surface area contributed by atoms with Gasteiger partial charge in [-0.15, -0.1) is 5.10 Å². The van der Waals surface area contributed by atoms with Gasteiger partial charge in [-0.1, -0.05) is 0 Å². The van der Waals surface area contributed by atoms with E-state index < -0.39 is 11.1 Å². The standard InChI is InChI=1S/C5H6N3O3/c1-11-3-8-2-6-7-4(9)5(8)10/h3H2,1H3,(H,7,9). The van der Waals surface area contributed by atoms with Crippen molar-refractivity contribution in [2.24, 2.45) is 0 Å². The quantitative estimate of drug-likeness (QED) is 0.519. The predicted octanol–water partition coefficient (Wildman–Crippen LogP) is -1.66. The van der Waals surface area contributed by atoms with Gasteiger partial charge in [-0.25, -0.2) is 5.10 Å². The van der Waals surface area contributed by atoms with Crippen LogP contribution in [0.2, 0.25) is 0 Å². The first kappa shape index (κ1) is 7.67. The molecule has 1 heterocycles. The highest BCUT2D eigenvalue weighted by Crippen LogP contribution is 1.70. The summed E-state index contributed by atoms with van der Waals surface area (Å²) in [5, 5.41) is 5.23. The topological polar surface area (TPSA) is 77.0 Å². The van der Waals surface area contributed by atoms with Gasteiger partial charge in [0.1, 0.15) is 6.73 Å². The Labute approximate surface area is 61.4 Å². The molecule has 0 spiro atoms. The number of aromatic amines is 1. The van der Waals surface area contributed by atoms with Gasteiger partial charge in [-0.05, 0) is 0 Å². The SMILES string of the molecule is COCn1[c]n[nH]c(=O)c1=O. The monoisotopic (exact) mass is 156 g/mol. The van der Waals surface area contributed by atoms with Crippen molar-refractivity contribution < 1.29 is 4.74 Å². The van der Waals surface area contributed by atoms with Crippen LogP contribution in [-0.2, 0) is 11.5 Å². The second-order valence-electron chi connectivity index (χ2n) is 1.80. The summed E-state index contributed by atoms with van der Waals surface area (Å²) in [4.78, 5) is 21.4. The molecule has 0 atom stereocenters. The minimum atomic E-state index is -0.777. The molecule has 1 rings (SSSR count). The fraction of sp³-hybridized carbons (Fsp3) is 0.400. The number of H-pyrrole nitrogens is 1. The molecule has 0 bridgehead atoms. The van der Waals surface area contributed by atoms with E-state index in [1.165, 1.54) is 7.11 Å². The van der Waals surface area contributed by atoms with Crippen LogP contribution in [0.25, 0.3) is 0 Å². The first-order valence-electron chi connectivity index (χ1n) is 2.82. The zero-order chi connectivity index (χ0) is 8.27. The van der Waals surface area contributed by atoms with E-state index in [1.54, 1.807) is 0 Å². The highest BCUT2D eigenvalue weighted by atomic mass is 16.5. The molecule has 0 fully saturated rings. The van der Waals surface area contributed by atoms with Gasteiger partial charge < -0.3 is 4.74 Å². The van der Waals surface area contributed by atoms with E-state index in [9.17, 15) is 9.59 Å². The van der Waals surface area contributed by atoms with E-state index in [0.717, 1.165) is 4.57 Å². The Hall–Kier alpha value is -1.43. The lowest BCUT2D eigenvalue weighted by Crippen LogP contribution is -2.37. The first-order valence-corrected chi connectivity index (χ1v) is 2.82. The molecule has 0 aliphatic rings. The molecule has 0 aromatic carbocycles. The van der Waals surface area contributed by atoms with Gasteiger partial charge in [0.2, 0.25) is 6.33 Å². The van der Waals surface area contributed by atoms with E-state index in [0.29, 0.717) is 0 Å². The van der Waals surface area contributed by atoms with Gasteiger partial charge in [0.25, 0.3) is 0 Å². The van der Waals surface area contributed by atoms with Crippen molar-refractivity contribution in [2.45, 2.75) is 6.73 Å². The van der Waals surface area contributed by atoms with E-state index >= 15 is 0 Å². The largest absolute Gasteiger partial charge is 0.364 e. The highest BCUT2D eigenvalue weighted by molar-refractivity contribution is 4.71. The zero-order valence-electron chi connectivity index (χ0n) is 5.83. The van der Waals surface area contributed by atoms with E-state index in [4.69, 9.17) is 0 Å². The molecule has 6 nitrogen and oxygen atoms in total. The molecular weight excluding hydrogens is 150 g/mol. The Kier molecular flexibility index (Phi) is 2.17. The predicted molar refractivity (Wildman–Crippen MR) is 35.0 cm³/mol. The molecule has 1 N–H and O–H groups in total. The maximum Gasteiger partial charge on any atom is 0.330 e. The summed E-state index contributed by atoms with van der Waals surface area (Å²) >= 11 is 0. The molecule has 0 unspecified atom stereocenters. The van der Waals surface area contributed by atoms with Crippen molar-refractivity contribution >= 4 is 0 Å². The summed E-state index contributed by atoms with van der Waals surface area (Å²) < 4.78 is 5.55. The van der Waals surface area contributed by atoms with Crippen molar-refractivity contribution in [3.63, 3.8) is 0 Å². The highest BCUT2D eigenvalue weighted by Gasteiger charge is 1.98. The zero-order valence-corrected chi connectivity index (χ0v) is 5.83. The second kappa shape index (κ2) is 3.11. The smallest absolute Gasteiger partial charge is 0.330 e. The van der Waals surface area contributed by atoms with Gasteiger partial charge in [-0.3, -0.25) is 14.2 Å². The van der Waals surface area contributed by atoms with E-state index in [-0.39, 0.29) is 6.73 Å². The lowest BCUT2D eigenvalue weighted by molar-refractivity contribution is 0.125. The third-order valence-electron chi connectivity index (χ3n) is 1.03. The van der Waals surface area contributed by atoms with Gasteiger partial charge in [0, 0.05) is 7.11 Å². The van der Waals surface area contributed by atoms with Crippen molar-refractivity contribution in [1.29, 1.82) is 0 Å². The van der Waals surface area contributed by atoms with Crippen LogP contribution in [0.5, 0.6) is 0 Å². The summed E-state index contributed by atoms with van der Waals surface area (Å²) in [5.41, 5.74) is -1.50. The fourth-order valence-corrected chi connectivity index (χ4v) is 0.569. The normalized spacial score (nSPS) is 9.91. The Morgan fingerprint density at radius 1 is 1.73 bits per heavy atom. The van der Waals surface area contributed by atoms with Crippen LogP contribution in [0.3, 0.4) is 0 Å². The maximum absolute atomic E-state index is 10.8. The number of methoxy groups -OCH3 is 1. The molecule has 1 aromatic rings. The molecule has 0 saturated carbocycles. The third-order valence-corrected chi connectivity index (χ3v) is 1.03. The third kappa shape index (κ3) is 1.53. The number of rotatable bonds is 2. The second-order valence-corrected chi connectivity index (χ2v) is 1.80. The molecule has 59 valence electrons. The number of aromatic nitrogens is 3. The molecule has 1 radical (unpaired) electrons. The van der Waals surface area contributed by atoms with Crippen molar-refractivity contribution in [2.75, 3.05) is 7.11 Å². The number of nitrogens with zero attached hydrogens (tertiary/aromatic N) is 2. The van der Waals surface area contributed by atoms with Crippen molar-refractivity contribution in [1.82, 2.24) is 14.8 Å². The molecule has 0 amide bonds. The molecular formula is C5H6N3O3. The average molecular weight is 156 g/mol. The Morgan fingerprint density at radius 3 is 3.09 bits per heavy atom. The van der Waals surface area contributed by atoms with Crippen LogP contribution < -0.4 is 11.1 Å². The summed E-state index contributed by atoms with van der Waals surface area (Å²) in [6.45, 7) is -0.0181. The Bertz CT molecular complexity index is 339. The Morgan fingerprint density at radius 2 is 2.45 bits per heavy atom. The van der Waals surface area contributed by atoms with Crippen LogP contribution in [-0.4, -0.2) is 21.9 Å². The van der Waals surface area contributed by atoms with E-state index in [2.05, 4.69) is 16.2 Å². The fourth-order valence-electron chi connectivity index (χ4n) is 0.569. The minimum absolute atomic E-state index is 0.0181. The number of hydrogen-bond acceptors (Lipinski definition) is 4. The first-order chi connectivity index (χ1) is 5.25. The van der Waals surface area contributed by atoms with Gasteiger partial charge in [0.15, 0.2) is 0 Å². The summed E-state index contributed by atoms with van der Waals surface area (Å²) in [5.74, 6) is 0. The lowest BCUT2D eigenvalue weighted by Gasteiger charge is -1.97. The Balaban J connectivity index is 3.18. The molecule has 0 saturated heterocycles. The lowest BCUT2D eigenvalue weighted by atomic mass is 10.8. The minimum Gasteiger partial charge on any atom is -0.364 e. The van der Waals surface area contributed by atoms with Crippen LogP contribution in [0.4, 0.5) is 0 Å². The molecule has 0 aliphatic heterocycles. The van der Waals surface area contributed by atoms with Crippen molar-refractivity contribution in [3.05, 3.63) is 27.0 Å². The maximum atomic E-state index is 10.8. The summed E-state index contributed by atoms with van der Waals surface area (Å²) in [6, 6.07) is 0. The van der Waals surface area contributed by atoms with E-state index in [1.807, 2.05) is 5.10 Å². The molecule has 11 heavy (non-hydrogen) atoms. The molecule has 0 aliphatic carbocycles. The van der Waals surface area contributed by atoms with Crippen molar-refractivity contribution in [3.8, 4) is 0 Å². The summed E-state index contributed by atoms with van der Waals surface area (Å²) in [7, 11) is 1.40. The number of hydrogen-bond donors (Lipinski definition) is 1. The molecule has 6 heteroatoms. The van der Waals surface area contributed by atoms with Crippen LogP contribution in [0, 0.1) is 6.33 Å². The van der Waals surface area contributed by atoms with Crippen LogP contribution >= 0.6 is 0 Å². The number of ether oxygens (including phenoxy) is 1. The molecule has 1 aromatic heterocycles. The van der Waals surface area contributed by atoms with Gasteiger partial charge in [-0.2, -0.15) is 0 Å². The van der Waals surface area contributed by atoms with Gasteiger partial charge >= 0.3 is 11.1 Å².